The number of carbonyl (C=O) groups is 2. The Bertz CT molecular complexity index is 300. The van der Waals surface area contributed by atoms with Crippen LogP contribution in [0.3, 0.4) is 0 Å². The molecule has 0 aromatic carbocycles. The molecule has 0 bridgehead atoms. The van der Waals surface area contributed by atoms with Crippen molar-refractivity contribution >= 4 is 11.8 Å². The standard InChI is InChI=1S/C14H26N2O2/c1-10(2)6-5-8-16-9-7-12(17)15-13(11(3)4)14(16)18/h10-11,13H,5-9H2,1-4H3,(H,15,17). The van der Waals surface area contributed by atoms with Crippen molar-refractivity contribution < 1.29 is 9.59 Å². The van der Waals surface area contributed by atoms with E-state index in [4.69, 9.17) is 0 Å². The van der Waals surface area contributed by atoms with Crippen LogP contribution in [0.1, 0.15) is 47.0 Å². The van der Waals surface area contributed by atoms with Crippen LogP contribution in [0.4, 0.5) is 0 Å². The van der Waals surface area contributed by atoms with Gasteiger partial charge in [-0.2, -0.15) is 0 Å². The minimum atomic E-state index is -0.348. The average molecular weight is 254 g/mol. The van der Waals surface area contributed by atoms with Crippen LogP contribution in [0.15, 0.2) is 0 Å². The molecule has 0 aromatic rings. The van der Waals surface area contributed by atoms with E-state index < -0.39 is 0 Å². The molecule has 18 heavy (non-hydrogen) atoms. The Morgan fingerprint density at radius 1 is 1.28 bits per heavy atom. The van der Waals surface area contributed by atoms with Gasteiger partial charge >= 0.3 is 0 Å². The smallest absolute Gasteiger partial charge is 0.245 e. The van der Waals surface area contributed by atoms with Crippen molar-refractivity contribution in [1.82, 2.24) is 10.2 Å². The monoisotopic (exact) mass is 254 g/mol. The van der Waals surface area contributed by atoms with Crippen molar-refractivity contribution in [3.63, 3.8) is 0 Å². The molecule has 1 aliphatic rings. The predicted molar refractivity (Wildman–Crippen MR) is 72.0 cm³/mol. The molecule has 4 nitrogen and oxygen atoms in total. The van der Waals surface area contributed by atoms with E-state index in [-0.39, 0.29) is 23.8 Å². The van der Waals surface area contributed by atoms with Gasteiger partial charge in [-0.05, 0) is 24.7 Å². The van der Waals surface area contributed by atoms with Gasteiger partial charge in [-0.15, -0.1) is 0 Å². The second-order valence-corrected chi connectivity index (χ2v) is 5.90. The van der Waals surface area contributed by atoms with Crippen LogP contribution in [0, 0.1) is 11.8 Å². The molecule has 1 unspecified atom stereocenters. The number of nitrogens with one attached hydrogen (secondary N) is 1. The van der Waals surface area contributed by atoms with Gasteiger partial charge in [-0.25, -0.2) is 0 Å². The Hall–Kier alpha value is -1.06. The number of nitrogens with zero attached hydrogens (tertiary/aromatic N) is 1. The molecule has 0 spiro atoms. The molecule has 2 amide bonds. The maximum atomic E-state index is 12.3. The van der Waals surface area contributed by atoms with Gasteiger partial charge in [0, 0.05) is 19.5 Å². The van der Waals surface area contributed by atoms with E-state index in [1.165, 1.54) is 0 Å². The molecule has 1 aliphatic heterocycles. The summed E-state index contributed by atoms with van der Waals surface area (Å²) in [4.78, 5) is 25.8. The van der Waals surface area contributed by atoms with Crippen LogP contribution < -0.4 is 5.32 Å². The minimum absolute atomic E-state index is 0.00610. The maximum absolute atomic E-state index is 12.3. The highest BCUT2D eigenvalue weighted by atomic mass is 16.2. The molecule has 0 aromatic heterocycles. The first-order chi connectivity index (χ1) is 8.41. The van der Waals surface area contributed by atoms with E-state index in [1.54, 1.807) is 0 Å². The molecular formula is C14H26N2O2. The molecule has 1 heterocycles. The summed E-state index contributed by atoms with van der Waals surface area (Å²) in [5, 5.41) is 2.83. The molecule has 104 valence electrons. The molecule has 1 atom stereocenters. The average Bonchev–Trinajstić information content (AvgIpc) is 2.41. The van der Waals surface area contributed by atoms with Crippen LogP contribution in [-0.2, 0) is 9.59 Å². The van der Waals surface area contributed by atoms with E-state index in [1.807, 2.05) is 18.7 Å². The third-order valence-electron chi connectivity index (χ3n) is 3.38. The van der Waals surface area contributed by atoms with Crippen molar-refractivity contribution in [2.24, 2.45) is 11.8 Å². The number of hydrogen-bond acceptors (Lipinski definition) is 2. The third-order valence-corrected chi connectivity index (χ3v) is 3.38. The molecule has 1 rings (SSSR count). The summed E-state index contributed by atoms with van der Waals surface area (Å²) in [6.07, 6.45) is 2.57. The molecule has 1 saturated heterocycles. The zero-order chi connectivity index (χ0) is 13.7. The van der Waals surface area contributed by atoms with Crippen molar-refractivity contribution in [2.45, 2.75) is 53.0 Å². The van der Waals surface area contributed by atoms with E-state index >= 15 is 0 Å². The lowest BCUT2D eigenvalue weighted by atomic mass is 10.0. The summed E-state index contributed by atoms with van der Waals surface area (Å²) in [5.74, 6) is 0.882. The molecule has 0 aliphatic carbocycles. The summed E-state index contributed by atoms with van der Waals surface area (Å²) in [5.41, 5.74) is 0. The quantitative estimate of drug-likeness (QED) is 0.813. The summed E-state index contributed by atoms with van der Waals surface area (Å²) in [6.45, 7) is 9.65. The maximum Gasteiger partial charge on any atom is 0.245 e. The molecule has 0 saturated carbocycles. The molecule has 4 heteroatoms. The number of carbonyl (C=O) groups excluding carboxylic acids is 2. The van der Waals surface area contributed by atoms with E-state index in [2.05, 4.69) is 19.2 Å². The lowest BCUT2D eigenvalue weighted by molar-refractivity contribution is -0.134. The molecule has 1 N–H and O–H groups in total. The fourth-order valence-corrected chi connectivity index (χ4v) is 2.21. The van der Waals surface area contributed by atoms with Gasteiger partial charge in [0.25, 0.3) is 0 Å². The summed E-state index contributed by atoms with van der Waals surface area (Å²) < 4.78 is 0. The van der Waals surface area contributed by atoms with Crippen LogP contribution in [0.5, 0.6) is 0 Å². The Morgan fingerprint density at radius 3 is 2.50 bits per heavy atom. The molecule has 1 fully saturated rings. The highest BCUT2D eigenvalue weighted by Crippen LogP contribution is 2.13. The van der Waals surface area contributed by atoms with Gasteiger partial charge in [0.1, 0.15) is 6.04 Å². The third kappa shape index (κ3) is 4.31. The van der Waals surface area contributed by atoms with Crippen LogP contribution in [0.25, 0.3) is 0 Å². The lowest BCUT2D eigenvalue weighted by Crippen LogP contribution is -2.47. The SMILES string of the molecule is CC(C)CCCN1CCC(=O)NC(C(C)C)C1=O. The Labute approximate surface area is 110 Å². The highest BCUT2D eigenvalue weighted by Gasteiger charge is 2.31. The number of hydrogen-bond donors (Lipinski definition) is 1. The minimum Gasteiger partial charge on any atom is -0.344 e. The first-order valence-electron chi connectivity index (χ1n) is 7.00. The van der Waals surface area contributed by atoms with Gasteiger partial charge in [0.15, 0.2) is 0 Å². The summed E-state index contributed by atoms with van der Waals surface area (Å²) in [7, 11) is 0. The second kappa shape index (κ2) is 6.76. The zero-order valence-electron chi connectivity index (χ0n) is 12.0. The van der Waals surface area contributed by atoms with Crippen molar-refractivity contribution in [1.29, 1.82) is 0 Å². The first-order valence-corrected chi connectivity index (χ1v) is 7.00. The van der Waals surface area contributed by atoms with Gasteiger partial charge in [-0.1, -0.05) is 27.7 Å². The normalized spacial score (nSPS) is 21.4. The van der Waals surface area contributed by atoms with Gasteiger partial charge < -0.3 is 10.2 Å². The van der Waals surface area contributed by atoms with Crippen molar-refractivity contribution in [2.75, 3.05) is 13.1 Å². The fourth-order valence-electron chi connectivity index (χ4n) is 2.21. The van der Waals surface area contributed by atoms with Gasteiger partial charge in [0.05, 0.1) is 0 Å². The molecule has 0 radical (unpaired) electrons. The first kappa shape index (κ1) is 15.0. The fraction of sp³-hybridized carbons (Fsp3) is 0.857. The van der Waals surface area contributed by atoms with Crippen LogP contribution in [-0.4, -0.2) is 35.8 Å². The topological polar surface area (TPSA) is 49.4 Å². The number of rotatable bonds is 5. The second-order valence-electron chi connectivity index (χ2n) is 5.90. The summed E-state index contributed by atoms with van der Waals surface area (Å²) >= 11 is 0. The van der Waals surface area contributed by atoms with E-state index in [0.29, 0.717) is 18.9 Å². The zero-order valence-corrected chi connectivity index (χ0v) is 12.0. The molecular weight excluding hydrogens is 228 g/mol. The Morgan fingerprint density at radius 2 is 1.94 bits per heavy atom. The number of amides is 2. The predicted octanol–water partition coefficient (Wildman–Crippen LogP) is 1.80. The Kier molecular flexibility index (Phi) is 5.63. The Balaban J connectivity index is 2.60. The largest absolute Gasteiger partial charge is 0.344 e. The van der Waals surface area contributed by atoms with Gasteiger partial charge in [0.2, 0.25) is 11.8 Å². The van der Waals surface area contributed by atoms with Gasteiger partial charge in [-0.3, -0.25) is 9.59 Å². The van der Waals surface area contributed by atoms with Crippen LogP contribution >= 0.6 is 0 Å². The summed E-state index contributed by atoms with van der Waals surface area (Å²) in [6, 6.07) is -0.348. The van der Waals surface area contributed by atoms with E-state index in [9.17, 15) is 9.59 Å². The lowest BCUT2D eigenvalue weighted by Gasteiger charge is -2.26. The van der Waals surface area contributed by atoms with Crippen molar-refractivity contribution in [3.8, 4) is 0 Å². The van der Waals surface area contributed by atoms with E-state index in [0.717, 1.165) is 19.4 Å². The van der Waals surface area contributed by atoms with Crippen LogP contribution in [0.2, 0.25) is 0 Å². The van der Waals surface area contributed by atoms with Crippen molar-refractivity contribution in [3.05, 3.63) is 0 Å². The highest BCUT2D eigenvalue weighted by molar-refractivity contribution is 5.90.